The minimum atomic E-state index is -3.72. The maximum Gasteiger partial charge on any atom is 0.381 e. The Bertz CT molecular complexity index is 458. The Hall–Kier alpha value is -1.85. The molecule has 0 saturated heterocycles. The van der Waals surface area contributed by atoms with Gasteiger partial charge in [-0.25, -0.2) is 4.79 Å². The van der Waals surface area contributed by atoms with Crippen LogP contribution < -0.4 is 9.47 Å². The third kappa shape index (κ3) is 2.37. The van der Waals surface area contributed by atoms with E-state index >= 15 is 0 Å². The van der Waals surface area contributed by atoms with Crippen molar-refractivity contribution in [1.29, 1.82) is 0 Å². The van der Waals surface area contributed by atoms with Gasteiger partial charge in [-0.3, -0.25) is 0 Å². The van der Waals surface area contributed by atoms with Crippen LogP contribution in [-0.2, 0) is 15.5 Å². The fraction of sp³-hybridized carbons (Fsp3) is 0.417. The minimum absolute atomic E-state index is 0.127. The van der Waals surface area contributed by atoms with Gasteiger partial charge in [0.2, 0.25) is 0 Å². The lowest BCUT2D eigenvalue weighted by atomic mass is 10.0. The Labute approximate surface area is 103 Å². The van der Waals surface area contributed by atoms with E-state index in [1.54, 1.807) is 0 Å². The van der Waals surface area contributed by atoms with E-state index in [1.807, 2.05) is 0 Å². The number of carbonyl (C=O) groups is 1. The Morgan fingerprint density at radius 2 is 1.61 bits per heavy atom. The average molecular weight is 260 g/mol. The predicted molar refractivity (Wildman–Crippen MR) is 60.2 cm³/mol. The molecule has 0 radical (unpaired) electrons. The molecule has 6 heteroatoms. The summed E-state index contributed by atoms with van der Waals surface area (Å²) in [6.07, 6.45) is 0. The number of ether oxygens (including phenoxy) is 3. The summed E-state index contributed by atoms with van der Waals surface area (Å²) in [6.45, 7) is 1.45. The molecule has 18 heavy (non-hydrogen) atoms. The van der Waals surface area contributed by atoms with Crippen LogP contribution in [0.4, 0.5) is 8.78 Å². The van der Waals surface area contributed by atoms with E-state index in [0.717, 1.165) is 13.2 Å². The monoisotopic (exact) mass is 260 g/mol. The molecule has 0 saturated carbocycles. The van der Waals surface area contributed by atoms with E-state index < -0.39 is 17.5 Å². The average Bonchev–Trinajstić information content (AvgIpc) is 2.36. The van der Waals surface area contributed by atoms with Gasteiger partial charge in [-0.05, 0) is 24.6 Å². The van der Waals surface area contributed by atoms with Crippen LogP contribution in [0.2, 0.25) is 0 Å². The first-order valence-corrected chi connectivity index (χ1v) is 5.07. The van der Waals surface area contributed by atoms with Crippen molar-refractivity contribution in [1.82, 2.24) is 0 Å². The molecule has 1 aromatic rings. The van der Waals surface area contributed by atoms with E-state index in [4.69, 9.17) is 9.47 Å². The van der Waals surface area contributed by atoms with Gasteiger partial charge in [0.1, 0.15) is 0 Å². The van der Waals surface area contributed by atoms with E-state index in [-0.39, 0.29) is 11.3 Å². The summed E-state index contributed by atoms with van der Waals surface area (Å²) in [7, 11) is 3.63. The molecule has 0 unspecified atom stereocenters. The van der Waals surface area contributed by atoms with E-state index in [0.29, 0.717) is 5.75 Å². The van der Waals surface area contributed by atoms with Gasteiger partial charge < -0.3 is 14.2 Å². The number of methoxy groups -OCH3 is 3. The summed E-state index contributed by atoms with van der Waals surface area (Å²) in [6, 6.07) is 2.45. The van der Waals surface area contributed by atoms with Gasteiger partial charge in [0.05, 0.1) is 21.3 Å². The Kier molecular flexibility index (Phi) is 4.11. The first-order valence-electron chi connectivity index (χ1n) is 5.07. The molecule has 4 nitrogen and oxygen atoms in total. The summed E-state index contributed by atoms with van der Waals surface area (Å²) in [4.78, 5) is 11.1. The second-order valence-corrected chi connectivity index (χ2v) is 3.59. The summed E-state index contributed by atoms with van der Waals surface area (Å²) in [5.41, 5.74) is -0.255. The number of carbonyl (C=O) groups excluding carboxylic acids is 1. The van der Waals surface area contributed by atoms with Crippen LogP contribution in [0, 0.1) is 6.92 Å². The molecule has 0 heterocycles. The van der Waals surface area contributed by atoms with Crippen molar-refractivity contribution in [3.8, 4) is 11.5 Å². The van der Waals surface area contributed by atoms with Crippen molar-refractivity contribution in [2.75, 3.05) is 21.3 Å². The molecule has 0 aliphatic carbocycles. The first kappa shape index (κ1) is 14.2. The van der Waals surface area contributed by atoms with Crippen LogP contribution in [0.1, 0.15) is 11.1 Å². The number of hydrogen-bond acceptors (Lipinski definition) is 4. The van der Waals surface area contributed by atoms with Gasteiger partial charge in [0.25, 0.3) is 0 Å². The van der Waals surface area contributed by atoms with Crippen molar-refractivity contribution in [2.24, 2.45) is 0 Å². The maximum atomic E-state index is 13.8. The summed E-state index contributed by atoms with van der Waals surface area (Å²) in [5, 5.41) is 0. The van der Waals surface area contributed by atoms with Crippen molar-refractivity contribution in [2.45, 2.75) is 12.8 Å². The lowest BCUT2D eigenvalue weighted by Crippen LogP contribution is -2.28. The number of rotatable bonds is 4. The molecule has 0 aromatic heterocycles. The topological polar surface area (TPSA) is 44.8 Å². The molecule has 0 amide bonds. The molecule has 100 valence electrons. The molecule has 0 fully saturated rings. The zero-order valence-electron chi connectivity index (χ0n) is 10.5. The number of aryl methyl sites for hydroxylation is 1. The fourth-order valence-electron chi connectivity index (χ4n) is 1.56. The molecule has 1 aromatic carbocycles. The highest BCUT2D eigenvalue weighted by atomic mass is 19.3. The summed E-state index contributed by atoms with van der Waals surface area (Å²) >= 11 is 0. The van der Waals surface area contributed by atoms with Crippen molar-refractivity contribution in [3.63, 3.8) is 0 Å². The third-order valence-corrected chi connectivity index (χ3v) is 2.51. The number of halogens is 2. The van der Waals surface area contributed by atoms with Gasteiger partial charge in [0, 0.05) is 5.56 Å². The molecule has 0 aliphatic heterocycles. The largest absolute Gasteiger partial charge is 0.493 e. The zero-order valence-corrected chi connectivity index (χ0v) is 10.5. The smallest absolute Gasteiger partial charge is 0.381 e. The Morgan fingerprint density at radius 1 is 1.11 bits per heavy atom. The quantitative estimate of drug-likeness (QED) is 0.779. The van der Waals surface area contributed by atoms with E-state index in [2.05, 4.69) is 4.74 Å². The normalized spacial score (nSPS) is 11.0. The predicted octanol–water partition coefficient (Wildman–Crippen LogP) is 2.28. The number of alkyl halides is 2. The Balaban J connectivity index is 3.37. The molecule has 0 aliphatic rings. The first-order chi connectivity index (χ1) is 8.38. The molecular formula is C12H14F2O4. The zero-order chi connectivity index (χ0) is 13.9. The van der Waals surface area contributed by atoms with Crippen molar-refractivity contribution in [3.05, 3.63) is 23.3 Å². The van der Waals surface area contributed by atoms with E-state index in [1.165, 1.54) is 27.2 Å². The maximum absolute atomic E-state index is 13.8. The highest BCUT2D eigenvalue weighted by molar-refractivity contribution is 5.80. The lowest BCUT2D eigenvalue weighted by Gasteiger charge is -2.18. The van der Waals surface area contributed by atoms with Gasteiger partial charge >= 0.3 is 11.9 Å². The van der Waals surface area contributed by atoms with Crippen LogP contribution in [-0.4, -0.2) is 27.3 Å². The summed E-state index contributed by atoms with van der Waals surface area (Å²) < 4.78 is 41.6. The van der Waals surface area contributed by atoms with Gasteiger partial charge in [0.15, 0.2) is 11.5 Å². The van der Waals surface area contributed by atoms with Gasteiger partial charge in [-0.1, -0.05) is 0 Å². The standard InChI is InChI=1S/C12H14F2O4/c1-7-5-9(16-2)10(17-3)6-8(7)12(13,14)11(15)18-4/h5-6H,1-4H3. The molecule has 0 spiro atoms. The summed E-state index contributed by atoms with van der Waals surface area (Å²) in [5.74, 6) is -4.89. The van der Waals surface area contributed by atoms with Crippen LogP contribution in [0.15, 0.2) is 12.1 Å². The fourth-order valence-corrected chi connectivity index (χ4v) is 1.56. The third-order valence-electron chi connectivity index (χ3n) is 2.51. The molecule has 0 N–H and O–H groups in total. The molecule has 0 bridgehead atoms. The van der Waals surface area contributed by atoms with Crippen LogP contribution in [0.25, 0.3) is 0 Å². The SMILES string of the molecule is COC(=O)C(F)(F)c1cc(OC)c(OC)cc1C. The second-order valence-electron chi connectivity index (χ2n) is 3.59. The second kappa shape index (κ2) is 5.20. The van der Waals surface area contributed by atoms with Crippen molar-refractivity contribution < 1.29 is 27.8 Å². The lowest BCUT2D eigenvalue weighted by molar-refractivity contribution is -0.170. The highest BCUT2D eigenvalue weighted by Crippen LogP contribution is 2.38. The number of hydrogen-bond donors (Lipinski definition) is 0. The minimum Gasteiger partial charge on any atom is -0.493 e. The molecule has 0 atom stereocenters. The van der Waals surface area contributed by atoms with Crippen LogP contribution >= 0.6 is 0 Å². The highest BCUT2D eigenvalue weighted by Gasteiger charge is 2.44. The molecular weight excluding hydrogens is 246 g/mol. The number of esters is 1. The van der Waals surface area contributed by atoms with Crippen LogP contribution in [0.3, 0.4) is 0 Å². The van der Waals surface area contributed by atoms with Gasteiger partial charge in [-0.15, -0.1) is 0 Å². The van der Waals surface area contributed by atoms with E-state index in [9.17, 15) is 13.6 Å². The number of benzene rings is 1. The molecule has 1 rings (SSSR count). The van der Waals surface area contributed by atoms with Crippen LogP contribution in [0.5, 0.6) is 11.5 Å². The van der Waals surface area contributed by atoms with Gasteiger partial charge in [-0.2, -0.15) is 8.78 Å². The Morgan fingerprint density at radius 3 is 2.06 bits per heavy atom. The van der Waals surface area contributed by atoms with Crippen molar-refractivity contribution >= 4 is 5.97 Å².